The van der Waals surface area contributed by atoms with E-state index in [4.69, 9.17) is 5.11 Å². The van der Waals surface area contributed by atoms with Crippen LogP contribution in [-0.4, -0.2) is 42.8 Å². The molecule has 2 aliphatic rings. The number of carboxylic acids is 1. The number of nitrogens with one attached hydrogen (secondary N) is 3. The Labute approximate surface area is 119 Å². The first-order chi connectivity index (χ1) is 9.65. The van der Waals surface area contributed by atoms with E-state index in [1.165, 1.54) is 0 Å². The van der Waals surface area contributed by atoms with Gasteiger partial charge in [-0.05, 0) is 57.5 Å². The molecule has 0 bridgehead atoms. The Kier molecular flexibility index (Phi) is 5.64. The smallest absolute Gasteiger partial charge is 0.315 e. The van der Waals surface area contributed by atoms with Crippen LogP contribution < -0.4 is 16.0 Å². The number of carbonyl (C=O) groups is 2. The summed E-state index contributed by atoms with van der Waals surface area (Å²) in [5.41, 5.74) is 0. The first-order valence-corrected chi connectivity index (χ1v) is 7.63. The van der Waals surface area contributed by atoms with E-state index >= 15 is 0 Å². The minimum absolute atomic E-state index is 0.0859. The lowest BCUT2D eigenvalue weighted by molar-refractivity contribution is -0.143. The number of amides is 2. The van der Waals surface area contributed by atoms with Gasteiger partial charge in [0.2, 0.25) is 0 Å². The lowest BCUT2D eigenvalue weighted by Gasteiger charge is -2.27. The van der Waals surface area contributed by atoms with Gasteiger partial charge in [0.15, 0.2) is 0 Å². The summed E-state index contributed by atoms with van der Waals surface area (Å²) in [5.74, 6) is -0.445. The number of carboxylic acid groups (broad SMARTS) is 1. The van der Waals surface area contributed by atoms with E-state index in [0.29, 0.717) is 12.5 Å². The summed E-state index contributed by atoms with van der Waals surface area (Å²) in [6.07, 6.45) is 5.22. The fraction of sp³-hybridized carbons (Fsp3) is 0.857. The summed E-state index contributed by atoms with van der Waals surface area (Å²) < 4.78 is 0. The third-order valence-electron chi connectivity index (χ3n) is 4.42. The molecule has 114 valence electrons. The third kappa shape index (κ3) is 4.67. The van der Waals surface area contributed by atoms with Gasteiger partial charge in [-0.2, -0.15) is 0 Å². The Bertz CT molecular complexity index is 335. The summed E-state index contributed by atoms with van der Waals surface area (Å²) in [7, 11) is 0. The molecule has 0 unspecified atom stereocenters. The standard InChI is InChI=1S/C14H25N3O3/c18-13(19)11-3-1-10(2-4-11)9-16-14(20)17-12-5-7-15-8-6-12/h10-12,15H,1-9H2,(H,18,19)(H2,16,17,20). The quantitative estimate of drug-likeness (QED) is 0.618. The van der Waals surface area contributed by atoms with Crippen LogP contribution in [0.4, 0.5) is 4.79 Å². The second kappa shape index (κ2) is 7.47. The highest BCUT2D eigenvalue weighted by molar-refractivity contribution is 5.74. The van der Waals surface area contributed by atoms with Crippen LogP contribution in [-0.2, 0) is 4.79 Å². The van der Waals surface area contributed by atoms with Gasteiger partial charge in [0.25, 0.3) is 0 Å². The van der Waals surface area contributed by atoms with Crippen LogP contribution in [0.3, 0.4) is 0 Å². The lowest BCUT2D eigenvalue weighted by atomic mass is 9.82. The summed E-state index contributed by atoms with van der Waals surface area (Å²) in [6, 6.07) is 0.191. The summed E-state index contributed by atoms with van der Waals surface area (Å²) >= 11 is 0. The second-order valence-electron chi connectivity index (χ2n) is 5.93. The highest BCUT2D eigenvalue weighted by Gasteiger charge is 2.26. The highest BCUT2D eigenvalue weighted by Crippen LogP contribution is 2.28. The van der Waals surface area contributed by atoms with Crippen LogP contribution >= 0.6 is 0 Å². The molecule has 0 aromatic rings. The maximum absolute atomic E-state index is 11.8. The maximum atomic E-state index is 11.8. The molecule has 1 saturated heterocycles. The Morgan fingerprint density at radius 3 is 2.30 bits per heavy atom. The zero-order chi connectivity index (χ0) is 14.4. The van der Waals surface area contributed by atoms with Crippen molar-refractivity contribution in [3.63, 3.8) is 0 Å². The van der Waals surface area contributed by atoms with Crippen LogP contribution in [0.15, 0.2) is 0 Å². The Balaban J connectivity index is 1.60. The van der Waals surface area contributed by atoms with Crippen LogP contribution in [0.5, 0.6) is 0 Å². The van der Waals surface area contributed by atoms with E-state index in [1.54, 1.807) is 0 Å². The van der Waals surface area contributed by atoms with Crippen molar-refractivity contribution in [1.82, 2.24) is 16.0 Å². The van der Waals surface area contributed by atoms with Crippen LogP contribution in [0.1, 0.15) is 38.5 Å². The Morgan fingerprint density at radius 2 is 1.70 bits per heavy atom. The monoisotopic (exact) mass is 283 g/mol. The largest absolute Gasteiger partial charge is 0.481 e. The average molecular weight is 283 g/mol. The molecule has 20 heavy (non-hydrogen) atoms. The van der Waals surface area contributed by atoms with Crippen LogP contribution in [0.2, 0.25) is 0 Å². The maximum Gasteiger partial charge on any atom is 0.315 e. The summed E-state index contributed by atoms with van der Waals surface area (Å²) in [5, 5.41) is 18.1. The lowest BCUT2D eigenvalue weighted by Crippen LogP contribution is -2.47. The number of hydrogen-bond acceptors (Lipinski definition) is 3. The van der Waals surface area contributed by atoms with Gasteiger partial charge in [-0.1, -0.05) is 0 Å². The van der Waals surface area contributed by atoms with Gasteiger partial charge in [-0.3, -0.25) is 4.79 Å². The molecule has 0 aromatic carbocycles. The molecule has 2 fully saturated rings. The van der Waals surface area contributed by atoms with Crippen LogP contribution in [0.25, 0.3) is 0 Å². The normalized spacial score (nSPS) is 27.8. The predicted octanol–water partition coefficient (Wildman–Crippen LogP) is 0.929. The highest BCUT2D eigenvalue weighted by atomic mass is 16.4. The zero-order valence-electron chi connectivity index (χ0n) is 11.9. The van der Waals surface area contributed by atoms with Crippen molar-refractivity contribution in [2.45, 2.75) is 44.6 Å². The van der Waals surface area contributed by atoms with Crippen molar-refractivity contribution in [3.8, 4) is 0 Å². The minimum Gasteiger partial charge on any atom is -0.481 e. The first-order valence-electron chi connectivity index (χ1n) is 7.63. The van der Waals surface area contributed by atoms with E-state index in [-0.39, 0.29) is 18.0 Å². The molecule has 0 aromatic heterocycles. The molecule has 4 N–H and O–H groups in total. The molecule has 1 aliphatic carbocycles. The number of rotatable bonds is 4. The fourth-order valence-corrected chi connectivity index (χ4v) is 3.05. The summed E-state index contributed by atoms with van der Waals surface area (Å²) in [4.78, 5) is 22.7. The van der Waals surface area contributed by atoms with Gasteiger partial charge < -0.3 is 21.1 Å². The van der Waals surface area contributed by atoms with Gasteiger partial charge in [0.05, 0.1) is 5.92 Å². The number of carbonyl (C=O) groups excluding carboxylic acids is 1. The summed E-state index contributed by atoms with van der Waals surface area (Å²) in [6.45, 7) is 2.58. The van der Waals surface area contributed by atoms with E-state index in [9.17, 15) is 9.59 Å². The molecule has 6 nitrogen and oxygen atoms in total. The first kappa shape index (κ1) is 15.1. The molecule has 1 saturated carbocycles. The van der Waals surface area contributed by atoms with E-state index in [2.05, 4.69) is 16.0 Å². The van der Waals surface area contributed by atoms with E-state index < -0.39 is 5.97 Å². The fourth-order valence-electron chi connectivity index (χ4n) is 3.05. The van der Waals surface area contributed by atoms with Crippen molar-refractivity contribution < 1.29 is 14.7 Å². The van der Waals surface area contributed by atoms with Crippen molar-refractivity contribution in [2.75, 3.05) is 19.6 Å². The molecule has 0 atom stereocenters. The number of urea groups is 1. The van der Waals surface area contributed by atoms with Crippen molar-refractivity contribution in [1.29, 1.82) is 0 Å². The van der Waals surface area contributed by atoms with E-state index in [1.807, 2.05) is 0 Å². The molecule has 1 heterocycles. The number of piperidine rings is 1. The molecule has 6 heteroatoms. The van der Waals surface area contributed by atoms with Gasteiger partial charge in [0, 0.05) is 12.6 Å². The zero-order valence-corrected chi connectivity index (χ0v) is 11.9. The van der Waals surface area contributed by atoms with Gasteiger partial charge in [-0.25, -0.2) is 4.79 Å². The van der Waals surface area contributed by atoms with Gasteiger partial charge in [0.1, 0.15) is 0 Å². The molecule has 0 spiro atoms. The van der Waals surface area contributed by atoms with E-state index in [0.717, 1.165) is 51.6 Å². The number of aliphatic carboxylic acids is 1. The van der Waals surface area contributed by atoms with Gasteiger partial charge >= 0.3 is 12.0 Å². The molecule has 0 radical (unpaired) electrons. The average Bonchev–Trinajstić information content (AvgIpc) is 2.46. The SMILES string of the molecule is O=C(NCC1CCC(C(=O)O)CC1)NC1CCNCC1. The van der Waals surface area contributed by atoms with Crippen LogP contribution in [0, 0.1) is 11.8 Å². The predicted molar refractivity (Wildman–Crippen MR) is 75.5 cm³/mol. The van der Waals surface area contributed by atoms with Gasteiger partial charge in [-0.15, -0.1) is 0 Å². The van der Waals surface area contributed by atoms with Crippen molar-refractivity contribution >= 4 is 12.0 Å². The van der Waals surface area contributed by atoms with Crippen molar-refractivity contribution in [2.24, 2.45) is 11.8 Å². The molecule has 2 rings (SSSR count). The molecule has 2 amide bonds. The topological polar surface area (TPSA) is 90.5 Å². The Morgan fingerprint density at radius 1 is 1.05 bits per heavy atom. The van der Waals surface area contributed by atoms with Crippen molar-refractivity contribution in [3.05, 3.63) is 0 Å². The molecular formula is C14H25N3O3. The minimum atomic E-state index is -0.680. The number of hydrogen-bond donors (Lipinski definition) is 4. The Hall–Kier alpha value is -1.30. The third-order valence-corrected chi connectivity index (χ3v) is 4.42. The second-order valence-corrected chi connectivity index (χ2v) is 5.93. The molecular weight excluding hydrogens is 258 g/mol. The molecule has 1 aliphatic heterocycles.